The highest BCUT2D eigenvalue weighted by atomic mass is 35.5. The quantitative estimate of drug-likeness (QED) is 0.299. The van der Waals surface area contributed by atoms with E-state index in [0.29, 0.717) is 42.2 Å². The van der Waals surface area contributed by atoms with Crippen molar-refractivity contribution >= 4 is 46.6 Å². The molecule has 2 aromatic carbocycles. The maximum Gasteiger partial charge on any atom is 0.338 e. The first-order valence-electron chi connectivity index (χ1n) is 11.6. The van der Waals surface area contributed by atoms with Crippen LogP contribution in [0, 0.1) is 6.92 Å². The number of furan rings is 1. The van der Waals surface area contributed by atoms with Gasteiger partial charge in [0.1, 0.15) is 11.5 Å². The van der Waals surface area contributed by atoms with Crippen molar-refractivity contribution in [2.24, 2.45) is 4.99 Å². The van der Waals surface area contributed by atoms with E-state index >= 15 is 0 Å². The highest BCUT2D eigenvalue weighted by Crippen LogP contribution is 2.32. The first-order chi connectivity index (χ1) is 17.8. The number of rotatable bonds is 5. The van der Waals surface area contributed by atoms with Crippen LogP contribution in [0.5, 0.6) is 0 Å². The maximum absolute atomic E-state index is 13.7. The zero-order chi connectivity index (χ0) is 26.3. The average molecular weight is 553 g/mol. The molecule has 1 aliphatic heterocycles. The van der Waals surface area contributed by atoms with Crippen molar-refractivity contribution in [2.75, 3.05) is 6.61 Å². The molecule has 4 aromatic rings. The third-order valence-corrected chi connectivity index (χ3v) is 7.54. The van der Waals surface area contributed by atoms with Crippen LogP contribution in [0.15, 0.2) is 80.1 Å². The van der Waals surface area contributed by atoms with Crippen LogP contribution in [0.2, 0.25) is 10.0 Å². The summed E-state index contributed by atoms with van der Waals surface area (Å²) in [5.74, 6) is 0.660. The maximum atomic E-state index is 13.7. The molecule has 6 nitrogen and oxygen atoms in total. The van der Waals surface area contributed by atoms with Crippen molar-refractivity contribution in [1.82, 2.24) is 4.57 Å². The molecule has 2 aromatic heterocycles. The number of benzene rings is 2. The average Bonchev–Trinajstić information content (AvgIpc) is 3.45. The lowest BCUT2D eigenvalue weighted by molar-refractivity contribution is -0.139. The molecule has 1 aliphatic rings. The normalized spacial score (nSPS) is 15.5. The summed E-state index contributed by atoms with van der Waals surface area (Å²) >= 11 is 13.5. The van der Waals surface area contributed by atoms with E-state index in [0.717, 1.165) is 16.7 Å². The topological polar surface area (TPSA) is 73.8 Å². The molecule has 5 rings (SSSR count). The van der Waals surface area contributed by atoms with Gasteiger partial charge in [-0.05, 0) is 68.3 Å². The van der Waals surface area contributed by atoms with Gasteiger partial charge in [0.2, 0.25) is 0 Å². The summed E-state index contributed by atoms with van der Waals surface area (Å²) in [6.07, 6.45) is 1.69. The number of hydrogen-bond donors (Lipinski definition) is 0. The van der Waals surface area contributed by atoms with E-state index in [2.05, 4.69) is 4.99 Å². The molecule has 0 fully saturated rings. The number of esters is 1. The van der Waals surface area contributed by atoms with Crippen LogP contribution in [-0.4, -0.2) is 17.1 Å². The van der Waals surface area contributed by atoms with E-state index in [-0.39, 0.29) is 12.2 Å². The zero-order valence-corrected chi connectivity index (χ0v) is 22.6. The second-order valence-electron chi connectivity index (χ2n) is 8.52. The van der Waals surface area contributed by atoms with Gasteiger partial charge in [0, 0.05) is 21.7 Å². The smallest absolute Gasteiger partial charge is 0.338 e. The van der Waals surface area contributed by atoms with E-state index in [1.54, 1.807) is 50.3 Å². The van der Waals surface area contributed by atoms with Gasteiger partial charge in [0.15, 0.2) is 4.80 Å². The molecule has 3 heterocycles. The number of fused-ring (bicyclic) bond motifs is 1. The fraction of sp³-hybridized carbons (Fsp3) is 0.179. The van der Waals surface area contributed by atoms with Gasteiger partial charge in [-0.1, -0.05) is 52.7 Å². The number of halogens is 2. The predicted octanol–water partition coefficient (Wildman–Crippen LogP) is 5.67. The number of aryl methyl sites for hydroxylation is 1. The van der Waals surface area contributed by atoms with Crippen molar-refractivity contribution < 1.29 is 13.9 Å². The van der Waals surface area contributed by atoms with Crippen molar-refractivity contribution in [3.63, 3.8) is 0 Å². The first kappa shape index (κ1) is 25.3. The number of ether oxygens (including phenoxy) is 1. The molecule has 0 saturated carbocycles. The van der Waals surface area contributed by atoms with E-state index < -0.39 is 12.0 Å². The van der Waals surface area contributed by atoms with E-state index in [4.69, 9.17) is 32.4 Å². The largest absolute Gasteiger partial charge is 0.463 e. The number of thiazole rings is 1. The lowest BCUT2D eigenvalue weighted by Gasteiger charge is -2.24. The molecule has 0 N–H and O–H groups in total. The van der Waals surface area contributed by atoms with Crippen molar-refractivity contribution in [3.05, 3.63) is 112 Å². The molecule has 0 unspecified atom stereocenters. The fourth-order valence-corrected chi connectivity index (χ4v) is 5.64. The summed E-state index contributed by atoms with van der Waals surface area (Å²) in [6, 6.07) is 15.6. The fourth-order valence-electron chi connectivity index (χ4n) is 4.32. The number of carbonyl (C=O) groups excluding carboxylic acids is 1. The van der Waals surface area contributed by atoms with Crippen LogP contribution in [-0.2, 0) is 9.53 Å². The van der Waals surface area contributed by atoms with Crippen LogP contribution in [0.3, 0.4) is 0 Å². The Kier molecular flexibility index (Phi) is 6.94. The number of hydrogen-bond acceptors (Lipinski definition) is 6. The first-order valence-corrected chi connectivity index (χ1v) is 13.2. The molecule has 1 atom stereocenters. The van der Waals surface area contributed by atoms with Crippen LogP contribution in [0.25, 0.3) is 17.4 Å². The summed E-state index contributed by atoms with van der Waals surface area (Å²) in [4.78, 5) is 31.7. The summed E-state index contributed by atoms with van der Waals surface area (Å²) in [7, 11) is 0. The Morgan fingerprint density at radius 1 is 1.11 bits per heavy atom. The minimum atomic E-state index is -0.698. The molecule has 9 heteroatoms. The van der Waals surface area contributed by atoms with Crippen LogP contribution in [0.4, 0.5) is 0 Å². The molecule has 0 amide bonds. The van der Waals surface area contributed by atoms with Gasteiger partial charge in [-0.25, -0.2) is 9.79 Å². The molecular formula is C28H22Cl2N2O4S. The molecule has 0 aliphatic carbocycles. The number of carbonyl (C=O) groups is 1. The Balaban J connectivity index is 1.64. The number of nitrogens with zero attached hydrogens (tertiary/aromatic N) is 2. The second kappa shape index (κ2) is 10.2. The van der Waals surface area contributed by atoms with Crippen molar-refractivity contribution in [3.8, 4) is 11.3 Å². The van der Waals surface area contributed by atoms with Crippen molar-refractivity contribution in [1.29, 1.82) is 0 Å². The summed E-state index contributed by atoms with van der Waals surface area (Å²) in [5.41, 5.74) is 3.17. The summed E-state index contributed by atoms with van der Waals surface area (Å²) < 4.78 is 13.3. The third-order valence-electron chi connectivity index (χ3n) is 6.07. The SMILES string of the molecule is CCOC(=O)C1=C(C)N=c2s/c(=C\c3ccc(-c4cc(Cl)ccc4C)o3)c(=O)n2[C@@H]1c1ccc(Cl)cc1. The van der Waals surface area contributed by atoms with E-state index in [1.165, 1.54) is 15.9 Å². The van der Waals surface area contributed by atoms with Crippen LogP contribution >= 0.6 is 34.5 Å². The Morgan fingerprint density at radius 2 is 1.84 bits per heavy atom. The molecule has 0 saturated heterocycles. The highest BCUT2D eigenvalue weighted by Gasteiger charge is 2.33. The lowest BCUT2D eigenvalue weighted by Crippen LogP contribution is -2.39. The van der Waals surface area contributed by atoms with Gasteiger partial charge in [-0.3, -0.25) is 9.36 Å². The van der Waals surface area contributed by atoms with Gasteiger partial charge in [0.05, 0.1) is 28.5 Å². The zero-order valence-electron chi connectivity index (χ0n) is 20.2. The van der Waals surface area contributed by atoms with Crippen LogP contribution < -0.4 is 14.9 Å². The Labute approximate surface area is 226 Å². The van der Waals surface area contributed by atoms with Crippen molar-refractivity contribution in [2.45, 2.75) is 26.8 Å². The van der Waals surface area contributed by atoms with Gasteiger partial charge >= 0.3 is 5.97 Å². The van der Waals surface area contributed by atoms with E-state index in [1.807, 2.05) is 31.2 Å². The minimum Gasteiger partial charge on any atom is -0.463 e. The number of aromatic nitrogens is 1. The Bertz CT molecular complexity index is 1730. The van der Waals surface area contributed by atoms with Gasteiger partial charge in [0.25, 0.3) is 5.56 Å². The Morgan fingerprint density at radius 3 is 2.57 bits per heavy atom. The molecule has 0 radical (unpaired) electrons. The standard InChI is InChI=1S/C28H22Cl2N2O4S/c1-4-35-27(34)24-16(3)31-28-32(25(24)17-6-9-18(29)10-7-17)26(33)23(37-28)14-20-11-12-22(36-20)21-13-19(30)8-5-15(21)2/h5-14,25H,4H2,1-3H3/b23-14-/t25-/m1/s1. The lowest BCUT2D eigenvalue weighted by atomic mass is 9.96. The van der Waals surface area contributed by atoms with E-state index in [9.17, 15) is 9.59 Å². The van der Waals surface area contributed by atoms with Gasteiger partial charge in [-0.15, -0.1) is 0 Å². The molecule has 37 heavy (non-hydrogen) atoms. The highest BCUT2D eigenvalue weighted by molar-refractivity contribution is 7.07. The molecular weight excluding hydrogens is 531 g/mol. The summed E-state index contributed by atoms with van der Waals surface area (Å²) in [5, 5.41) is 1.17. The Hall–Kier alpha value is -3.39. The minimum absolute atomic E-state index is 0.209. The summed E-state index contributed by atoms with van der Waals surface area (Å²) in [6.45, 7) is 5.67. The molecule has 0 spiro atoms. The number of allylic oxidation sites excluding steroid dienone is 1. The molecule has 188 valence electrons. The predicted molar refractivity (Wildman–Crippen MR) is 146 cm³/mol. The van der Waals surface area contributed by atoms with Gasteiger partial charge < -0.3 is 9.15 Å². The monoisotopic (exact) mass is 552 g/mol. The van der Waals surface area contributed by atoms with Crippen LogP contribution in [0.1, 0.15) is 36.8 Å². The second-order valence-corrected chi connectivity index (χ2v) is 10.4. The third kappa shape index (κ3) is 4.82. The van der Waals surface area contributed by atoms with Gasteiger partial charge in [-0.2, -0.15) is 0 Å². The molecule has 0 bridgehead atoms.